The highest BCUT2D eigenvalue weighted by molar-refractivity contribution is 8.77. The van der Waals surface area contributed by atoms with E-state index in [0.29, 0.717) is 0 Å². The van der Waals surface area contributed by atoms with Gasteiger partial charge in [0.15, 0.2) is 0 Å². The quantitative estimate of drug-likeness (QED) is 0.537. The molecule has 0 nitrogen and oxygen atoms in total. The van der Waals surface area contributed by atoms with Crippen molar-refractivity contribution in [2.75, 3.05) is 0 Å². The molecule has 0 saturated carbocycles. The van der Waals surface area contributed by atoms with Gasteiger partial charge in [-0.25, -0.2) is 0 Å². The predicted molar refractivity (Wildman–Crippen MR) is 82.1 cm³/mol. The maximum absolute atomic E-state index is 2.37. The normalized spacial score (nSPS) is 19.9. The Labute approximate surface area is 111 Å². The van der Waals surface area contributed by atoms with Crippen molar-refractivity contribution in [3.05, 3.63) is 0 Å². The lowest BCUT2D eigenvalue weighted by molar-refractivity contribution is 0.416. The van der Waals surface area contributed by atoms with Crippen molar-refractivity contribution in [3.63, 3.8) is 0 Å². The standard InChI is InChI=1S/C14H30S2/c1-9(2)11(5)13(7)15-16-14(8)12(6)10(3)4/h9-14H,1-8H3. The van der Waals surface area contributed by atoms with Crippen LogP contribution in [0.25, 0.3) is 0 Å². The lowest BCUT2D eigenvalue weighted by Gasteiger charge is -2.26. The van der Waals surface area contributed by atoms with Crippen molar-refractivity contribution in [2.24, 2.45) is 23.7 Å². The Morgan fingerprint density at radius 2 is 0.750 bits per heavy atom. The molecule has 0 radical (unpaired) electrons. The number of hydrogen-bond acceptors (Lipinski definition) is 2. The molecular formula is C14H30S2. The second kappa shape index (κ2) is 7.92. The van der Waals surface area contributed by atoms with Crippen molar-refractivity contribution in [1.29, 1.82) is 0 Å². The van der Waals surface area contributed by atoms with Crippen LogP contribution in [0.15, 0.2) is 0 Å². The van der Waals surface area contributed by atoms with E-state index in [2.05, 4.69) is 77.0 Å². The Morgan fingerprint density at radius 3 is 0.938 bits per heavy atom. The molecule has 0 aliphatic carbocycles. The molecule has 0 rings (SSSR count). The molecule has 0 aliphatic heterocycles. The van der Waals surface area contributed by atoms with Gasteiger partial charge in [-0.05, 0) is 23.7 Å². The van der Waals surface area contributed by atoms with E-state index in [1.165, 1.54) is 0 Å². The zero-order valence-electron chi connectivity index (χ0n) is 12.3. The number of hydrogen-bond donors (Lipinski definition) is 0. The summed E-state index contributed by atoms with van der Waals surface area (Å²) in [6.45, 7) is 18.8. The van der Waals surface area contributed by atoms with Gasteiger partial charge in [-0.2, -0.15) is 0 Å². The first-order chi connectivity index (χ1) is 7.27. The Bertz CT molecular complexity index is 158. The molecular weight excluding hydrogens is 232 g/mol. The molecule has 0 aromatic heterocycles. The molecule has 4 atom stereocenters. The average Bonchev–Trinajstić information content (AvgIpc) is 2.22. The Hall–Kier alpha value is 0.700. The molecule has 0 amide bonds. The number of rotatable bonds is 7. The highest BCUT2D eigenvalue weighted by Gasteiger charge is 2.21. The van der Waals surface area contributed by atoms with Crippen molar-refractivity contribution in [1.82, 2.24) is 0 Å². The van der Waals surface area contributed by atoms with Gasteiger partial charge >= 0.3 is 0 Å². The van der Waals surface area contributed by atoms with Crippen LogP contribution < -0.4 is 0 Å². The van der Waals surface area contributed by atoms with E-state index in [0.717, 1.165) is 34.2 Å². The third kappa shape index (κ3) is 5.86. The zero-order chi connectivity index (χ0) is 12.9. The maximum Gasteiger partial charge on any atom is 0.0151 e. The van der Waals surface area contributed by atoms with Gasteiger partial charge in [-0.1, -0.05) is 77.0 Å². The molecule has 0 N–H and O–H groups in total. The summed E-state index contributed by atoms with van der Waals surface area (Å²) in [5.74, 6) is 3.19. The minimum Gasteiger partial charge on any atom is -0.0904 e. The first-order valence-corrected chi connectivity index (χ1v) is 8.87. The van der Waals surface area contributed by atoms with Gasteiger partial charge in [0.25, 0.3) is 0 Å². The first-order valence-electron chi connectivity index (χ1n) is 6.59. The van der Waals surface area contributed by atoms with Gasteiger partial charge in [-0.15, -0.1) is 0 Å². The molecule has 4 unspecified atom stereocenters. The molecule has 0 bridgehead atoms. The summed E-state index contributed by atoms with van der Waals surface area (Å²) < 4.78 is 0. The molecule has 0 fully saturated rings. The van der Waals surface area contributed by atoms with Gasteiger partial charge in [-0.3, -0.25) is 0 Å². The molecule has 0 aliphatic rings. The second-order valence-corrected chi connectivity index (χ2v) is 8.84. The largest absolute Gasteiger partial charge is 0.0904 e. The SMILES string of the molecule is CC(C)C(C)C(C)SSC(C)C(C)C(C)C. The zero-order valence-corrected chi connectivity index (χ0v) is 13.9. The van der Waals surface area contributed by atoms with Crippen LogP contribution in [0.1, 0.15) is 55.4 Å². The van der Waals surface area contributed by atoms with Crippen LogP contribution in [0.2, 0.25) is 0 Å². The lowest BCUT2D eigenvalue weighted by Crippen LogP contribution is -2.18. The molecule has 98 valence electrons. The Morgan fingerprint density at radius 1 is 0.500 bits per heavy atom. The smallest absolute Gasteiger partial charge is 0.0151 e. The monoisotopic (exact) mass is 262 g/mol. The first kappa shape index (κ1) is 16.7. The van der Waals surface area contributed by atoms with Crippen LogP contribution in [0, 0.1) is 23.7 Å². The van der Waals surface area contributed by atoms with Crippen LogP contribution in [0.3, 0.4) is 0 Å². The van der Waals surface area contributed by atoms with Gasteiger partial charge in [0.1, 0.15) is 0 Å². The van der Waals surface area contributed by atoms with Crippen molar-refractivity contribution in [2.45, 2.75) is 65.9 Å². The summed E-state index contributed by atoms with van der Waals surface area (Å²) in [7, 11) is 4.17. The highest BCUT2D eigenvalue weighted by atomic mass is 33.1. The summed E-state index contributed by atoms with van der Waals surface area (Å²) in [4.78, 5) is 0. The van der Waals surface area contributed by atoms with Crippen molar-refractivity contribution in [3.8, 4) is 0 Å². The Kier molecular flexibility index (Phi) is 8.26. The summed E-state index contributed by atoms with van der Waals surface area (Å²) in [6.07, 6.45) is 0. The summed E-state index contributed by atoms with van der Waals surface area (Å²) in [5, 5.41) is 1.51. The van der Waals surface area contributed by atoms with Crippen molar-refractivity contribution >= 4 is 21.6 Å². The van der Waals surface area contributed by atoms with Gasteiger partial charge in [0, 0.05) is 10.5 Å². The van der Waals surface area contributed by atoms with E-state index >= 15 is 0 Å². The molecule has 2 heteroatoms. The lowest BCUT2D eigenvalue weighted by atomic mass is 9.95. The van der Waals surface area contributed by atoms with E-state index in [-0.39, 0.29) is 0 Å². The summed E-state index contributed by atoms with van der Waals surface area (Å²) in [6, 6.07) is 0. The molecule has 0 aromatic carbocycles. The maximum atomic E-state index is 2.37. The summed E-state index contributed by atoms with van der Waals surface area (Å²) in [5.41, 5.74) is 0. The topological polar surface area (TPSA) is 0 Å². The fourth-order valence-corrected chi connectivity index (χ4v) is 4.87. The fourth-order valence-electron chi connectivity index (χ4n) is 1.43. The second-order valence-electron chi connectivity index (χ2n) is 5.81. The minimum atomic E-state index is 0.756. The molecule has 16 heavy (non-hydrogen) atoms. The van der Waals surface area contributed by atoms with Crippen LogP contribution in [0.5, 0.6) is 0 Å². The predicted octanol–water partition coefficient (Wildman–Crippen LogP) is 5.73. The minimum absolute atomic E-state index is 0.756. The van der Waals surface area contributed by atoms with Gasteiger partial charge < -0.3 is 0 Å². The van der Waals surface area contributed by atoms with E-state index in [4.69, 9.17) is 0 Å². The van der Waals surface area contributed by atoms with Gasteiger partial charge in [0.2, 0.25) is 0 Å². The molecule has 0 spiro atoms. The Balaban J connectivity index is 3.96. The van der Waals surface area contributed by atoms with Gasteiger partial charge in [0.05, 0.1) is 0 Å². The molecule has 0 heterocycles. The van der Waals surface area contributed by atoms with Crippen LogP contribution >= 0.6 is 21.6 Å². The van der Waals surface area contributed by atoms with E-state index in [1.807, 2.05) is 0 Å². The third-order valence-corrected chi connectivity index (χ3v) is 7.67. The van der Waals surface area contributed by atoms with Crippen LogP contribution in [-0.2, 0) is 0 Å². The fraction of sp³-hybridized carbons (Fsp3) is 1.00. The van der Waals surface area contributed by atoms with E-state index in [9.17, 15) is 0 Å². The third-order valence-electron chi connectivity index (χ3n) is 3.94. The van der Waals surface area contributed by atoms with E-state index < -0.39 is 0 Å². The van der Waals surface area contributed by atoms with Crippen LogP contribution in [0.4, 0.5) is 0 Å². The van der Waals surface area contributed by atoms with Crippen LogP contribution in [-0.4, -0.2) is 10.5 Å². The van der Waals surface area contributed by atoms with E-state index in [1.54, 1.807) is 0 Å². The molecule has 0 saturated heterocycles. The summed E-state index contributed by atoms with van der Waals surface area (Å²) >= 11 is 0. The highest BCUT2D eigenvalue weighted by Crippen LogP contribution is 2.39. The molecule has 0 aromatic rings. The average molecular weight is 263 g/mol. The van der Waals surface area contributed by atoms with Crippen molar-refractivity contribution < 1.29 is 0 Å².